The van der Waals surface area contributed by atoms with Crippen LogP contribution in [-0.4, -0.2) is 44.5 Å². The predicted molar refractivity (Wildman–Crippen MR) is 109 cm³/mol. The van der Waals surface area contributed by atoms with Crippen LogP contribution in [0.2, 0.25) is 0 Å². The highest BCUT2D eigenvalue weighted by molar-refractivity contribution is 5.92. The van der Waals surface area contributed by atoms with Crippen molar-refractivity contribution in [3.8, 4) is 0 Å². The number of benzene rings is 2. The van der Waals surface area contributed by atoms with Crippen molar-refractivity contribution in [2.75, 3.05) is 43.9 Å². The summed E-state index contributed by atoms with van der Waals surface area (Å²) in [7, 11) is 4.27. The van der Waals surface area contributed by atoms with Crippen LogP contribution in [-0.2, 0) is 11.2 Å². The maximum atomic E-state index is 13.2. The van der Waals surface area contributed by atoms with E-state index >= 15 is 0 Å². The topological polar surface area (TPSA) is 35.6 Å². The van der Waals surface area contributed by atoms with Crippen molar-refractivity contribution in [1.29, 1.82) is 0 Å². The molecule has 0 bridgehead atoms. The summed E-state index contributed by atoms with van der Waals surface area (Å²) < 4.78 is 13.2. The fraction of sp³-hybridized carbons (Fsp3) is 0.409. The van der Waals surface area contributed by atoms with Crippen LogP contribution in [0.3, 0.4) is 0 Å². The Morgan fingerprint density at radius 1 is 1.15 bits per heavy atom. The summed E-state index contributed by atoms with van der Waals surface area (Å²) in [5.41, 5.74) is 2.63. The monoisotopic (exact) mass is 369 g/mol. The molecule has 1 aliphatic heterocycles. The molecule has 4 nitrogen and oxygen atoms in total. The average molecular weight is 369 g/mol. The minimum absolute atomic E-state index is 0.141. The molecule has 0 spiro atoms. The van der Waals surface area contributed by atoms with E-state index in [1.165, 1.54) is 30.7 Å². The molecule has 1 N–H and O–H groups in total. The largest absolute Gasteiger partial charge is 0.372 e. The summed E-state index contributed by atoms with van der Waals surface area (Å²) in [4.78, 5) is 16.8. The Labute approximate surface area is 161 Å². The zero-order chi connectivity index (χ0) is 19.2. The number of carbonyl (C=O) groups excluding carboxylic acids is 1. The van der Waals surface area contributed by atoms with Gasteiger partial charge in [-0.05, 0) is 74.8 Å². The number of anilines is 2. The molecule has 3 rings (SSSR count). The normalized spacial score (nSPS) is 15.2. The molecule has 1 saturated heterocycles. The lowest BCUT2D eigenvalue weighted by atomic mass is 9.96. The molecule has 0 saturated carbocycles. The molecule has 0 aromatic heterocycles. The lowest BCUT2D eigenvalue weighted by Gasteiger charge is -2.34. The van der Waals surface area contributed by atoms with Gasteiger partial charge in [0.2, 0.25) is 5.91 Å². The molecular formula is C22H28FN3O. The van der Waals surface area contributed by atoms with Crippen molar-refractivity contribution in [2.45, 2.75) is 19.3 Å². The van der Waals surface area contributed by atoms with Gasteiger partial charge in [-0.1, -0.05) is 12.1 Å². The van der Waals surface area contributed by atoms with E-state index in [1.807, 2.05) is 12.1 Å². The van der Waals surface area contributed by atoms with E-state index in [9.17, 15) is 9.18 Å². The van der Waals surface area contributed by atoms with Gasteiger partial charge in [-0.25, -0.2) is 4.39 Å². The van der Waals surface area contributed by atoms with E-state index in [4.69, 9.17) is 0 Å². The molecule has 2 aromatic rings. The second kappa shape index (κ2) is 9.00. The third-order valence-electron chi connectivity index (χ3n) is 5.01. The Bertz CT molecular complexity index is 752. The molecule has 0 radical (unpaired) electrons. The number of nitrogens with one attached hydrogen (secondary N) is 1. The number of rotatable bonds is 6. The van der Waals surface area contributed by atoms with Crippen LogP contribution in [0.15, 0.2) is 48.5 Å². The first-order valence-corrected chi connectivity index (χ1v) is 9.53. The second-order valence-corrected chi connectivity index (χ2v) is 7.59. The Morgan fingerprint density at radius 2 is 1.85 bits per heavy atom. The summed E-state index contributed by atoms with van der Waals surface area (Å²) in [6.07, 6.45) is 2.59. The maximum Gasteiger partial charge on any atom is 0.228 e. The first-order valence-electron chi connectivity index (χ1n) is 9.53. The molecule has 2 aromatic carbocycles. The molecule has 5 heteroatoms. The Balaban J connectivity index is 1.51. The molecule has 0 atom stereocenters. The Morgan fingerprint density at radius 3 is 2.48 bits per heavy atom. The molecule has 0 aliphatic carbocycles. The van der Waals surface area contributed by atoms with Gasteiger partial charge < -0.3 is 15.1 Å². The van der Waals surface area contributed by atoms with Gasteiger partial charge in [0.1, 0.15) is 5.82 Å². The predicted octanol–water partition coefficient (Wildman–Crippen LogP) is 3.78. The lowest BCUT2D eigenvalue weighted by molar-refractivity contribution is -0.115. The number of carbonyl (C=O) groups is 1. The van der Waals surface area contributed by atoms with Crippen LogP contribution in [0.4, 0.5) is 15.8 Å². The molecule has 27 heavy (non-hydrogen) atoms. The number of piperidine rings is 1. The van der Waals surface area contributed by atoms with Gasteiger partial charge in [-0.15, -0.1) is 0 Å². The molecule has 1 heterocycles. The molecule has 144 valence electrons. The van der Waals surface area contributed by atoms with Gasteiger partial charge in [0.15, 0.2) is 0 Å². The van der Waals surface area contributed by atoms with Gasteiger partial charge in [-0.3, -0.25) is 4.79 Å². The zero-order valence-corrected chi connectivity index (χ0v) is 16.1. The van der Waals surface area contributed by atoms with Crippen LogP contribution in [0, 0.1) is 11.7 Å². The quantitative estimate of drug-likeness (QED) is 0.842. The summed E-state index contributed by atoms with van der Waals surface area (Å²) in [6.45, 7) is 3.30. The molecule has 1 aliphatic rings. The fourth-order valence-electron chi connectivity index (χ4n) is 3.68. The third kappa shape index (κ3) is 5.79. The van der Waals surface area contributed by atoms with Crippen LogP contribution in [0.5, 0.6) is 0 Å². The van der Waals surface area contributed by atoms with Gasteiger partial charge >= 0.3 is 0 Å². The van der Waals surface area contributed by atoms with Gasteiger partial charge in [0, 0.05) is 31.0 Å². The second-order valence-electron chi connectivity index (χ2n) is 7.59. The first kappa shape index (κ1) is 19.4. The molecular weight excluding hydrogens is 341 g/mol. The summed E-state index contributed by atoms with van der Waals surface area (Å²) in [5.74, 6) is 0.314. The van der Waals surface area contributed by atoms with E-state index in [1.54, 1.807) is 12.1 Å². The third-order valence-corrected chi connectivity index (χ3v) is 5.01. The zero-order valence-electron chi connectivity index (χ0n) is 16.1. The van der Waals surface area contributed by atoms with E-state index < -0.39 is 0 Å². The highest BCUT2D eigenvalue weighted by atomic mass is 19.1. The summed E-state index contributed by atoms with van der Waals surface area (Å²) in [5, 5.41) is 2.88. The van der Waals surface area contributed by atoms with E-state index in [2.05, 4.69) is 41.3 Å². The summed E-state index contributed by atoms with van der Waals surface area (Å²) >= 11 is 0. The SMILES string of the molecule is CN(C)CC1CCN(c2ccc(NC(=O)Cc3cccc(F)c3)cc2)CC1. The number of halogens is 1. The van der Waals surface area contributed by atoms with Crippen molar-refractivity contribution in [1.82, 2.24) is 4.90 Å². The number of amides is 1. The van der Waals surface area contributed by atoms with Crippen molar-refractivity contribution in [3.05, 3.63) is 59.9 Å². The Kier molecular flexibility index (Phi) is 6.45. The minimum Gasteiger partial charge on any atom is -0.372 e. The standard InChI is InChI=1S/C22H28FN3O/c1-25(2)16-17-10-12-26(13-11-17)21-8-6-20(7-9-21)24-22(27)15-18-4-3-5-19(23)14-18/h3-9,14,17H,10-13,15-16H2,1-2H3,(H,24,27). The van der Waals surface area contributed by atoms with Crippen molar-refractivity contribution in [3.63, 3.8) is 0 Å². The van der Waals surface area contributed by atoms with E-state index in [-0.39, 0.29) is 18.1 Å². The van der Waals surface area contributed by atoms with Crippen molar-refractivity contribution >= 4 is 17.3 Å². The smallest absolute Gasteiger partial charge is 0.228 e. The van der Waals surface area contributed by atoms with Gasteiger partial charge in [-0.2, -0.15) is 0 Å². The number of nitrogens with zero attached hydrogens (tertiary/aromatic N) is 2. The van der Waals surface area contributed by atoms with Crippen molar-refractivity contribution in [2.24, 2.45) is 5.92 Å². The highest BCUT2D eigenvalue weighted by Gasteiger charge is 2.19. The first-order chi connectivity index (χ1) is 13.0. The number of hydrogen-bond donors (Lipinski definition) is 1. The van der Waals surface area contributed by atoms with Crippen LogP contribution < -0.4 is 10.2 Å². The average Bonchev–Trinajstić information content (AvgIpc) is 2.62. The van der Waals surface area contributed by atoms with Gasteiger partial charge in [0.05, 0.1) is 6.42 Å². The van der Waals surface area contributed by atoms with E-state index in [0.717, 1.165) is 31.2 Å². The number of hydrogen-bond acceptors (Lipinski definition) is 3. The summed E-state index contributed by atoms with van der Waals surface area (Å²) in [6, 6.07) is 14.1. The van der Waals surface area contributed by atoms with Crippen LogP contribution in [0.1, 0.15) is 18.4 Å². The molecule has 0 unspecified atom stereocenters. The van der Waals surface area contributed by atoms with Crippen LogP contribution >= 0.6 is 0 Å². The lowest BCUT2D eigenvalue weighted by Crippen LogP contribution is -2.37. The van der Waals surface area contributed by atoms with E-state index in [0.29, 0.717) is 5.56 Å². The van der Waals surface area contributed by atoms with Crippen molar-refractivity contribution < 1.29 is 9.18 Å². The Hall–Kier alpha value is -2.40. The van der Waals surface area contributed by atoms with Crippen LogP contribution in [0.25, 0.3) is 0 Å². The molecule has 1 amide bonds. The highest BCUT2D eigenvalue weighted by Crippen LogP contribution is 2.25. The minimum atomic E-state index is -0.320. The maximum absolute atomic E-state index is 13.2. The fourth-order valence-corrected chi connectivity index (χ4v) is 3.68. The molecule has 1 fully saturated rings. The van der Waals surface area contributed by atoms with Gasteiger partial charge in [0.25, 0.3) is 0 Å².